The van der Waals surface area contributed by atoms with Crippen molar-refractivity contribution in [3.63, 3.8) is 0 Å². The van der Waals surface area contributed by atoms with Crippen LogP contribution in [-0.2, 0) is 14.3 Å². The summed E-state index contributed by atoms with van der Waals surface area (Å²) in [7, 11) is 0. The molecule has 4 heteroatoms. The first-order valence-electron chi connectivity index (χ1n) is 6.79. The Labute approximate surface area is 109 Å². The van der Waals surface area contributed by atoms with Crippen molar-refractivity contribution in [1.29, 1.82) is 0 Å². The van der Waals surface area contributed by atoms with E-state index in [1.54, 1.807) is 0 Å². The van der Waals surface area contributed by atoms with Crippen molar-refractivity contribution < 1.29 is 19.4 Å². The van der Waals surface area contributed by atoms with Gasteiger partial charge in [0.2, 0.25) is 0 Å². The molecule has 0 aromatic rings. The highest BCUT2D eigenvalue weighted by atomic mass is 16.5. The van der Waals surface area contributed by atoms with Gasteiger partial charge in [0.15, 0.2) is 0 Å². The largest absolute Gasteiger partial charge is 0.481 e. The normalized spacial score (nSPS) is 27.4. The highest BCUT2D eigenvalue weighted by Gasteiger charge is 2.50. The summed E-state index contributed by atoms with van der Waals surface area (Å²) in [6.07, 6.45) is 4.18. The number of rotatable bonds is 6. The number of hydrogen-bond acceptors (Lipinski definition) is 3. The maximum absolute atomic E-state index is 11.6. The number of esters is 1. The molecular formula is C14H24O4. The van der Waals surface area contributed by atoms with E-state index >= 15 is 0 Å². The summed E-state index contributed by atoms with van der Waals surface area (Å²) in [6, 6.07) is 0. The molecule has 1 aliphatic carbocycles. The van der Waals surface area contributed by atoms with Crippen LogP contribution in [0.2, 0.25) is 0 Å². The number of carbonyl (C=O) groups is 2. The molecule has 1 rings (SSSR count). The van der Waals surface area contributed by atoms with E-state index in [1.165, 1.54) is 6.92 Å². The summed E-state index contributed by atoms with van der Waals surface area (Å²) < 4.78 is 5.23. The van der Waals surface area contributed by atoms with Crippen LogP contribution in [0.25, 0.3) is 0 Å². The van der Waals surface area contributed by atoms with Crippen LogP contribution in [0.15, 0.2) is 0 Å². The second-order valence-corrected chi connectivity index (χ2v) is 5.74. The minimum Gasteiger partial charge on any atom is -0.481 e. The van der Waals surface area contributed by atoms with E-state index in [0.29, 0.717) is 25.2 Å². The van der Waals surface area contributed by atoms with Crippen LogP contribution in [0.4, 0.5) is 0 Å². The Morgan fingerprint density at radius 3 is 2.61 bits per heavy atom. The van der Waals surface area contributed by atoms with Crippen molar-refractivity contribution in [1.82, 2.24) is 0 Å². The maximum Gasteiger partial charge on any atom is 0.313 e. The summed E-state index contributed by atoms with van der Waals surface area (Å²) >= 11 is 0. The van der Waals surface area contributed by atoms with E-state index in [1.807, 2.05) is 0 Å². The zero-order valence-electron chi connectivity index (χ0n) is 11.6. The van der Waals surface area contributed by atoms with Crippen molar-refractivity contribution in [3.05, 3.63) is 0 Å². The Balaban J connectivity index is 2.72. The Morgan fingerprint density at radius 2 is 2.11 bits per heavy atom. The standard InChI is InChI=1S/C14H24O4/c1-10(2)6-4-8-14(13(16)17)9-5-7-12(14)18-11(3)15/h10,12H,4-9H2,1-3H3,(H,16,17). The molecule has 104 valence electrons. The first kappa shape index (κ1) is 15.0. The Kier molecular flexibility index (Phi) is 5.17. The molecule has 0 spiro atoms. The molecule has 0 saturated heterocycles. The zero-order chi connectivity index (χ0) is 13.8. The lowest BCUT2D eigenvalue weighted by atomic mass is 9.78. The van der Waals surface area contributed by atoms with E-state index < -0.39 is 17.5 Å². The van der Waals surface area contributed by atoms with Crippen molar-refractivity contribution in [3.8, 4) is 0 Å². The monoisotopic (exact) mass is 256 g/mol. The number of hydrogen-bond donors (Lipinski definition) is 1. The highest BCUT2D eigenvalue weighted by molar-refractivity contribution is 5.77. The van der Waals surface area contributed by atoms with Crippen LogP contribution in [-0.4, -0.2) is 23.1 Å². The fourth-order valence-electron chi connectivity index (χ4n) is 2.88. The van der Waals surface area contributed by atoms with Crippen LogP contribution in [0, 0.1) is 11.3 Å². The van der Waals surface area contributed by atoms with Crippen molar-refractivity contribution in [2.24, 2.45) is 11.3 Å². The number of ether oxygens (including phenoxy) is 1. The highest BCUT2D eigenvalue weighted by Crippen LogP contribution is 2.44. The van der Waals surface area contributed by atoms with Gasteiger partial charge in [0.25, 0.3) is 0 Å². The van der Waals surface area contributed by atoms with Gasteiger partial charge in [-0.2, -0.15) is 0 Å². The molecule has 0 aromatic carbocycles. The number of carboxylic acids is 1. The summed E-state index contributed by atoms with van der Waals surface area (Å²) in [6.45, 7) is 5.61. The average Bonchev–Trinajstić information content (AvgIpc) is 2.61. The van der Waals surface area contributed by atoms with Gasteiger partial charge >= 0.3 is 11.9 Å². The predicted octanol–water partition coefficient (Wildman–Crippen LogP) is 3.00. The molecular weight excluding hydrogens is 232 g/mol. The second kappa shape index (κ2) is 6.21. The smallest absolute Gasteiger partial charge is 0.313 e. The SMILES string of the molecule is CC(=O)OC1CCCC1(CCCC(C)C)C(=O)O. The van der Waals surface area contributed by atoms with Gasteiger partial charge in [-0.25, -0.2) is 0 Å². The molecule has 1 aliphatic rings. The van der Waals surface area contributed by atoms with Gasteiger partial charge in [-0.3, -0.25) is 9.59 Å². The molecule has 18 heavy (non-hydrogen) atoms. The summed E-state index contributed by atoms with van der Waals surface area (Å²) in [5.41, 5.74) is -0.847. The van der Waals surface area contributed by atoms with Gasteiger partial charge in [0, 0.05) is 6.92 Å². The molecule has 0 aromatic heterocycles. The third-order valence-electron chi connectivity index (χ3n) is 3.84. The fourth-order valence-corrected chi connectivity index (χ4v) is 2.88. The number of carboxylic acid groups (broad SMARTS) is 1. The maximum atomic E-state index is 11.6. The lowest BCUT2D eigenvalue weighted by Gasteiger charge is -2.30. The Hall–Kier alpha value is -1.06. The van der Waals surface area contributed by atoms with Gasteiger partial charge in [0.1, 0.15) is 11.5 Å². The van der Waals surface area contributed by atoms with Gasteiger partial charge in [-0.15, -0.1) is 0 Å². The van der Waals surface area contributed by atoms with Gasteiger partial charge in [-0.05, 0) is 31.6 Å². The molecule has 2 unspecified atom stereocenters. The summed E-state index contributed by atoms with van der Waals surface area (Å²) in [5.74, 6) is -0.615. The van der Waals surface area contributed by atoms with Gasteiger partial charge < -0.3 is 9.84 Å². The van der Waals surface area contributed by atoms with E-state index in [4.69, 9.17) is 4.74 Å². The van der Waals surface area contributed by atoms with Crippen molar-refractivity contribution in [2.75, 3.05) is 0 Å². The van der Waals surface area contributed by atoms with Gasteiger partial charge in [-0.1, -0.05) is 26.7 Å². The molecule has 0 aliphatic heterocycles. The van der Waals surface area contributed by atoms with Crippen molar-refractivity contribution >= 4 is 11.9 Å². The van der Waals surface area contributed by atoms with E-state index in [2.05, 4.69) is 13.8 Å². The third-order valence-corrected chi connectivity index (χ3v) is 3.84. The molecule has 0 heterocycles. The molecule has 1 saturated carbocycles. The zero-order valence-corrected chi connectivity index (χ0v) is 11.6. The second-order valence-electron chi connectivity index (χ2n) is 5.74. The van der Waals surface area contributed by atoms with Gasteiger partial charge in [0.05, 0.1) is 0 Å². The molecule has 2 atom stereocenters. The predicted molar refractivity (Wildman–Crippen MR) is 68.2 cm³/mol. The first-order valence-corrected chi connectivity index (χ1v) is 6.79. The lowest BCUT2D eigenvalue weighted by molar-refractivity contribution is -0.165. The Morgan fingerprint density at radius 1 is 1.44 bits per heavy atom. The topological polar surface area (TPSA) is 63.6 Å². The quantitative estimate of drug-likeness (QED) is 0.742. The average molecular weight is 256 g/mol. The summed E-state index contributed by atoms with van der Waals surface area (Å²) in [5, 5.41) is 9.52. The van der Waals surface area contributed by atoms with Crippen LogP contribution in [0.3, 0.4) is 0 Å². The molecule has 4 nitrogen and oxygen atoms in total. The van der Waals surface area contributed by atoms with E-state index in [-0.39, 0.29) is 5.97 Å². The van der Waals surface area contributed by atoms with Crippen LogP contribution >= 0.6 is 0 Å². The minimum atomic E-state index is -0.847. The number of aliphatic carboxylic acids is 1. The molecule has 1 fully saturated rings. The molecule has 1 N–H and O–H groups in total. The number of carbonyl (C=O) groups excluding carboxylic acids is 1. The van der Waals surface area contributed by atoms with Crippen LogP contribution in [0.5, 0.6) is 0 Å². The van der Waals surface area contributed by atoms with Crippen molar-refractivity contribution in [2.45, 2.75) is 65.4 Å². The molecule has 0 bridgehead atoms. The minimum absolute atomic E-state index is 0.378. The fraction of sp³-hybridized carbons (Fsp3) is 0.857. The molecule has 0 amide bonds. The third kappa shape index (κ3) is 3.47. The van der Waals surface area contributed by atoms with E-state index in [0.717, 1.165) is 19.3 Å². The van der Waals surface area contributed by atoms with Crippen LogP contribution in [0.1, 0.15) is 59.3 Å². The lowest BCUT2D eigenvalue weighted by Crippen LogP contribution is -2.40. The van der Waals surface area contributed by atoms with E-state index in [9.17, 15) is 14.7 Å². The first-order chi connectivity index (χ1) is 8.38. The Bertz CT molecular complexity index is 311. The molecule has 0 radical (unpaired) electrons. The summed E-state index contributed by atoms with van der Waals surface area (Å²) in [4.78, 5) is 22.7. The van der Waals surface area contributed by atoms with Crippen LogP contribution < -0.4 is 0 Å².